The van der Waals surface area contributed by atoms with E-state index in [9.17, 15) is 0 Å². The van der Waals surface area contributed by atoms with E-state index >= 15 is 0 Å². The summed E-state index contributed by atoms with van der Waals surface area (Å²) in [6, 6.07) is 6.06. The van der Waals surface area contributed by atoms with Crippen molar-refractivity contribution in [1.82, 2.24) is 20.4 Å². The number of ether oxygens (including phenoxy) is 2. The number of nitrogens with one attached hydrogen (secondary N) is 2. The Kier molecular flexibility index (Phi) is 13.9. The largest absolute Gasteiger partial charge is 0.493 e. The molecule has 0 aliphatic carbocycles. The molecule has 1 aliphatic rings. The number of halogens is 1. The maximum atomic E-state index is 5.38. The van der Waals surface area contributed by atoms with Crippen LogP contribution >= 0.6 is 24.0 Å². The van der Waals surface area contributed by atoms with Gasteiger partial charge in [0.25, 0.3) is 0 Å². The van der Waals surface area contributed by atoms with Crippen molar-refractivity contribution in [3.8, 4) is 11.5 Å². The SMILES string of the molecule is CCNC(=NCCCN1CCCN(C)CC1)NCCc1ccc(OC)c(OC)c1.I. The number of aliphatic imine (C=N–C) groups is 1. The Hall–Kier alpha value is -1.26. The third-order valence-corrected chi connectivity index (χ3v) is 5.21. The Labute approximate surface area is 199 Å². The van der Waals surface area contributed by atoms with E-state index < -0.39 is 0 Å². The Morgan fingerprint density at radius 2 is 1.87 bits per heavy atom. The number of rotatable bonds is 10. The first-order valence-electron chi connectivity index (χ1n) is 10.8. The molecule has 1 aromatic carbocycles. The number of guanidine groups is 1. The number of hydrogen-bond acceptors (Lipinski definition) is 5. The van der Waals surface area contributed by atoms with Crippen molar-refractivity contribution in [2.45, 2.75) is 26.2 Å². The highest BCUT2D eigenvalue weighted by Gasteiger charge is 2.11. The second-order valence-electron chi connectivity index (χ2n) is 7.48. The molecule has 1 aliphatic heterocycles. The summed E-state index contributed by atoms with van der Waals surface area (Å²) in [5.74, 6) is 2.42. The lowest BCUT2D eigenvalue weighted by Crippen LogP contribution is -2.38. The van der Waals surface area contributed by atoms with Crippen molar-refractivity contribution in [1.29, 1.82) is 0 Å². The third-order valence-electron chi connectivity index (χ3n) is 5.21. The third kappa shape index (κ3) is 9.70. The molecule has 0 bridgehead atoms. The van der Waals surface area contributed by atoms with Gasteiger partial charge in [-0.15, -0.1) is 24.0 Å². The molecule has 7 nitrogen and oxygen atoms in total. The fourth-order valence-electron chi connectivity index (χ4n) is 3.51. The van der Waals surface area contributed by atoms with Crippen molar-refractivity contribution < 1.29 is 9.47 Å². The van der Waals surface area contributed by atoms with Gasteiger partial charge in [-0.05, 0) is 70.6 Å². The van der Waals surface area contributed by atoms with E-state index in [2.05, 4.69) is 40.5 Å². The van der Waals surface area contributed by atoms with Crippen molar-refractivity contribution >= 4 is 29.9 Å². The van der Waals surface area contributed by atoms with Gasteiger partial charge in [0.15, 0.2) is 17.5 Å². The van der Waals surface area contributed by atoms with Gasteiger partial charge in [0.1, 0.15) is 0 Å². The highest BCUT2D eigenvalue weighted by molar-refractivity contribution is 14.0. The summed E-state index contributed by atoms with van der Waals surface area (Å²) in [4.78, 5) is 9.73. The zero-order valence-electron chi connectivity index (χ0n) is 19.1. The van der Waals surface area contributed by atoms with E-state index in [4.69, 9.17) is 14.5 Å². The summed E-state index contributed by atoms with van der Waals surface area (Å²) in [5.41, 5.74) is 1.21. The molecule has 1 saturated heterocycles. The second-order valence-corrected chi connectivity index (χ2v) is 7.48. The second kappa shape index (κ2) is 15.5. The van der Waals surface area contributed by atoms with Gasteiger partial charge >= 0.3 is 0 Å². The molecule has 0 saturated carbocycles. The van der Waals surface area contributed by atoms with Gasteiger partial charge in [-0.25, -0.2) is 0 Å². The molecule has 2 N–H and O–H groups in total. The minimum absolute atomic E-state index is 0. The van der Waals surface area contributed by atoms with Crippen molar-refractivity contribution in [2.75, 3.05) is 73.6 Å². The Morgan fingerprint density at radius 3 is 2.60 bits per heavy atom. The van der Waals surface area contributed by atoms with Crippen LogP contribution in [-0.2, 0) is 6.42 Å². The van der Waals surface area contributed by atoms with Crippen LogP contribution in [0.5, 0.6) is 11.5 Å². The zero-order valence-corrected chi connectivity index (χ0v) is 21.4. The summed E-state index contributed by atoms with van der Waals surface area (Å²) in [5, 5.41) is 6.77. The Balaban J connectivity index is 0.00000450. The quantitative estimate of drug-likeness (QED) is 0.209. The number of nitrogens with zero attached hydrogens (tertiary/aromatic N) is 3. The molecule has 2 rings (SSSR count). The van der Waals surface area contributed by atoms with Crippen LogP contribution in [0, 0.1) is 0 Å². The van der Waals surface area contributed by atoms with Crippen LogP contribution in [0.25, 0.3) is 0 Å². The number of benzene rings is 1. The van der Waals surface area contributed by atoms with E-state index in [1.807, 2.05) is 12.1 Å². The summed E-state index contributed by atoms with van der Waals surface area (Å²) in [6.07, 6.45) is 3.25. The maximum Gasteiger partial charge on any atom is 0.191 e. The van der Waals surface area contributed by atoms with Gasteiger partial charge in [-0.2, -0.15) is 0 Å². The van der Waals surface area contributed by atoms with E-state index in [1.54, 1.807) is 14.2 Å². The van der Waals surface area contributed by atoms with E-state index in [0.717, 1.165) is 56.5 Å². The first kappa shape index (κ1) is 26.8. The molecule has 0 radical (unpaired) electrons. The smallest absolute Gasteiger partial charge is 0.191 e. The first-order valence-corrected chi connectivity index (χ1v) is 10.8. The molecule has 1 aromatic rings. The summed E-state index contributed by atoms with van der Waals surface area (Å²) in [6.45, 7) is 10.5. The zero-order chi connectivity index (χ0) is 20.9. The summed E-state index contributed by atoms with van der Waals surface area (Å²) >= 11 is 0. The highest BCUT2D eigenvalue weighted by Crippen LogP contribution is 2.27. The lowest BCUT2D eigenvalue weighted by atomic mass is 10.1. The van der Waals surface area contributed by atoms with E-state index in [0.29, 0.717) is 0 Å². The van der Waals surface area contributed by atoms with Crippen LogP contribution in [0.3, 0.4) is 0 Å². The molecular formula is C22H40IN5O2. The molecule has 172 valence electrons. The molecule has 0 spiro atoms. The maximum absolute atomic E-state index is 5.38. The van der Waals surface area contributed by atoms with Gasteiger partial charge in [0.2, 0.25) is 0 Å². The predicted molar refractivity (Wildman–Crippen MR) is 136 cm³/mol. The number of hydrogen-bond donors (Lipinski definition) is 2. The average Bonchev–Trinajstić information content (AvgIpc) is 2.95. The van der Waals surface area contributed by atoms with Crippen molar-refractivity contribution in [3.63, 3.8) is 0 Å². The molecule has 0 atom stereocenters. The molecule has 0 amide bonds. The van der Waals surface area contributed by atoms with Crippen LogP contribution in [0.1, 0.15) is 25.3 Å². The highest BCUT2D eigenvalue weighted by atomic mass is 127. The average molecular weight is 533 g/mol. The Morgan fingerprint density at radius 1 is 1.07 bits per heavy atom. The van der Waals surface area contributed by atoms with E-state index in [1.165, 1.54) is 38.2 Å². The topological polar surface area (TPSA) is 61.4 Å². The molecule has 0 aromatic heterocycles. The van der Waals surface area contributed by atoms with Crippen LogP contribution in [0.15, 0.2) is 23.2 Å². The molecule has 1 fully saturated rings. The van der Waals surface area contributed by atoms with Gasteiger partial charge < -0.3 is 29.9 Å². The van der Waals surface area contributed by atoms with Crippen LogP contribution in [-0.4, -0.2) is 89.4 Å². The normalized spacial score (nSPS) is 15.8. The first-order chi connectivity index (χ1) is 14.2. The minimum Gasteiger partial charge on any atom is -0.493 e. The molecule has 30 heavy (non-hydrogen) atoms. The monoisotopic (exact) mass is 533 g/mol. The van der Waals surface area contributed by atoms with Gasteiger partial charge in [0.05, 0.1) is 14.2 Å². The van der Waals surface area contributed by atoms with Crippen molar-refractivity contribution in [2.24, 2.45) is 4.99 Å². The van der Waals surface area contributed by atoms with Crippen LogP contribution in [0.2, 0.25) is 0 Å². The van der Waals surface area contributed by atoms with Gasteiger partial charge in [-0.3, -0.25) is 4.99 Å². The summed E-state index contributed by atoms with van der Waals surface area (Å²) in [7, 11) is 5.54. The fraction of sp³-hybridized carbons (Fsp3) is 0.682. The van der Waals surface area contributed by atoms with Crippen LogP contribution in [0.4, 0.5) is 0 Å². The lowest BCUT2D eigenvalue weighted by molar-refractivity contribution is 0.275. The lowest BCUT2D eigenvalue weighted by Gasteiger charge is -2.19. The molecule has 1 heterocycles. The minimum atomic E-state index is 0. The van der Waals surface area contributed by atoms with E-state index in [-0.39, 0.29) is 24.0 Å². The van der Waals surface area contributed by atoms with Crippen molar-refractivity contribution in [3.05, 3.63) is 23.8 Å². The number of methoxy groups -OCH3 is 2. The molecule has 0 unspecified atom stereocenters. The number of likely N-dealkylation sites (N-methyl/N-ethyl adjacent to an activating group) is 1. The van der Waals surface area contributed by atoms with Gasteiger partial charge in [0, 0.05) is 32.7 Å². The molecule has 8 heteroatoms. The van der Waals surface area contributed by atoms with Gasteiger partial charge in [-0.1, -0.05) is 6.07 Å². The van der Waals surface area contributed by atoms with Crippen LogP contribution < -0.4 is 20.1 Å². The fourth-order valence-corrected chi connectivity index (χ4v) is 3.51. The standard InChI is InChI=1S/C22H39N5O2.HI/c1-5-23-22(24-11-6-14-27-15-7-13-26(2)16-17-27)25-12-10-19-8-9-20(28-3)21(18-19)29-4;/h8-9,18H,5-7,10-17H2,1-4H3,(H2,23,24,25);1H. The predicted octanol–water partition coefficient (Wildman–Crippen LogP) is 2.45. The summed E-state index contributed by atoms with van der Waals surface area (Å²) < 4.78 is 10.7. The molecular weight excluding hydrogens is 493 g/mol. The Bertz CT molecular complexity index is 630.